The van der Waals surface area contributed by atoms with Crippen LogP contribution < -0.4 is 0 Å². The number of allylic oxidation sites excluding steroid dienone is 4. The molecule has 0 aromatic carbocycles. The second-order valence-electron chi connectivity index (χ2n) is 13.4. The lowest BCUT2D eigenvalue weighted by Gasteiger charge is -2.12. The second kappa shape index (κ2) is 32.3. The van der Waals surface area contributed by atoms with Crippen molar-refractivity contribution in [2.75, 3.05) is 32.8 Å². The Morgan fingerprint density at radius 3 is 1.37 bits per heavy atom. The van der Waals surface area contributed by atoms with Crippen LogP contribution in [-0.2, 0) is 0 Å². The molecule has 0 atom stereocenters. The summed E-state index contributed by atoms with van der Waals surface area (Å²) < 4.78 is 2.65. The Bertz CT molecular complexity index is 667. The highest BCUT2D eigenvalue weighted by atomic mass is 16.3. The molecule has 0 fully saturated rings. The van der Waals surface area contributed by atoms with E-state index in [2.05, 4.69) is 47.6 Å². The van der Waals surface area contributed by atoms with Gasteiger partial charge in [-0.1, -0.05) is 141 Å². The van der Waals surface area contributed by atoms with Crippen molar-refractivity contribution in [1.29, 1.82) is 0 Å². The van der Waals surface area contributed by atoms with E-state index in [1.807, 2.05) is 0 Å². The molecule has 0 radical (unpaired) electrons. The highest BCUT2D eigenvalue weighted by molar-refractivity contribution is 5.78. The smallest absolute Gasteiger partial charge is 0.247 e. The summed E-state index contributed by atoms with van der Waals surface area (Å²) in [4.78, 5) is 2.47. The van der Waals surface area contributed by atoms with E-state index in [9.17, 15) is 5.11 Å². The van der Waals surface area contributed by atoms with Crippen molar-refractivity contribution < 1.29 is 9.68 Å². The zero-order valence-corrected chi connectivity index (χ0v) is 29.5. The molecule has 0 aromatic heterocycles. The minimum Gasteiger partial charge on any atom is -0.392 e. The van der Waals surface area contributed by atoms with E-state index in [1.165, 1.54) is 192 Å². The van der Waals surface area contributed by atoms with Crippen molar-refractivity contribution in [3.63, 3.8) is 0 Å². The summed E-state index contributed by atoms with van der Waals surface area (Å²) >= 11 is 0. The minimum atomic E-state index is 0.276. The summed E-state index contributed by atoms with van der Waals surface area (Å²) in [5, 5.41) is 9.58. The molecule has 0 saturated carbocycles. The van der Waals surface area contributed by atoms with E-state index in [0.29, 0.717) is 0 Å². The molecule has 43 heavy (non-hydrogen) atoms. The van der Waals surface area contributed by atoms with Gasteiger partial charge in [0, 0.05) is 6.42 Å². The molecular weight excluding hydrogens is 524 g/mol. The third-order valence-electron chi connectivity index (χ3n) is 9.34. The maximum Gasteiger partial charge on any atom is 0.247 e. The molecule has 1 heterocycles. The normalized spacial score (nSPS) is 14.0. The molecule has 0 aliphatic carbocycles. The second-order valence-corrected chi connectivity index (χ2v) is 13.4. The van der Waals surface area contributed by atoms with Crippen LogP contribution in [0.2, 0.25) is 0 Å². The Morgan fingerprint density at radius 1 is 0.535 bits per heavy atom. The summed E-state index contributed by atoms with van der Waals surface area (Å²) in [7, 11) is 0. The van der Waals surface area contributed by atoms with Gasteiger partial charge in [0.15, 0.2) is 0 Å². The Hall–Kier alpha value is -1.09. The number of hydrogen-bond donors (Lipinski definition) is 1. The Labute approximate surface area is 270 Å². The fourth-order valence-electron chi connectivity index (χ4n) is 6.52. The summed E-state index contributed by atoms with van der Waals surface area (Å²) in [5.41, 5.74) is 0. The van der Waals surface area contributed by atoms with Crippen LogP contribution in [0.1, 0.15) is 194 Å². The predicted octanol–water partition coefficient (Wildman–Crippen LogP) is 11.8. The van der Waals surface area contributed by atoms with Crippen LogP contribution in [0.5, 0.6) is 0 Å². The van der Waals surface area contributed by atoms with Crippen LogP contribution in [0.4, 0.5) is 0 Å². The number of aliphatic hydroxyl groups excluding tert-OH is 1. The summed E-state index contributed by atoms with van der Waals surface area (Å²) in [6.07, 6.45) is 47.8. The highest BCUT2D eigenvalue weighted by Crippen LogP contribution is 2.15. The van der Waals surface area contributed by atoms with Crippen molar-refractivity contribution in [1.82, 2.24) is 4.90 Å². The van der Waals surface area contributed by atoms with E-state index in [4.69, 9.17) is 0 Å². The molecule has 0 unspecified atom stereocenters. The van der Waals surface area contributed by atoms with Gasteiger partial charge in [-0.15, -0.1) is 0 Å². The summed E-state index contributed by atoms with van der Waals surface area (Å²) in [6.45, 7) is 9.14. The summed E-state index contributed by atoms with van der Waals surface area (Å²) in [5.74, 6) is 1.53. The van der Waals surface area contributed by atoms with Crippen LogP contribution in [0.3, 0.4) is 0 Å². The van der Waals surface area contributed by atoms with E-state index >= 15 is 0 Å². The molecule has 1 aliphatic heterocycles. The standard InChI is InChI=1S/C40H77N2O/c1-3-5-7-9-11-13-15-17-19-21-23-25-27-29-31-33-35-41-36-37-42(38-39-43)40(41)34-32-30-28-26-24-22-20-18-16-14-12-10-8-6-4-2/h17-20,43H,3-16,21-39H2,1-2H3/q+1/b19-17-,20-18-. The number of unbranched alkanes of at least 4 members (excludes halogenated alkanes) is 23. The molecule has 0 saturated heterocycles. The van der Waals surface area contributed by atoms with Gasteiger partial charge in [-0.25, -0.2) is 0 Å². The molecule has 3 heteroatoms. The van der Waals surface area contributed by atoms with Gasteiger partial charge in [0.05, 0.1) is 13.2 Å². The molecule has 3 nitrogen and oxygen atoms in total. The lowest BCUT2D eigenvalue weighted by Crippen LogP contribution is -2.32. The molecule has 1 rings (SSSR count). The first-order chi connectivity index (χ1) is 21.3. The van der Waals surface area contributed by atoms with Crippen LogP contribution in [0, 0.1) is 0 Å². The number of nitrogens with zero attached hydrogens (tertiary/aromatic N) is 2. The highest BCUT2D eigenvalue weighted by Gasteiger charge is 2.28. The Balaban J connectivity index is 2.05. The van der Waals surface area contributed by atoms with Crippen LogP contribution >= 0.6 is 0 Å². The van der Waals surface area contributed by atoms with Gasteiger partial charge in [0.2, 0.25) is 5.84 Å². The Kier molecular flexibility index (Phi) is 30.0. The van der Waals surface area contributed by atoms with Crippen LogP contribution in [-0.4, -0.2) is 53.2 Å². The predicted molar refractivity (Wildman–Crippen MR) is 193 cm³/mol. The van der Waals surface area contributed by atoms with Gasteiger partial charge in [-0.05, 0) is 70.6 Å². The van der Waals surface area contributed by atoms with Crippen molar-refractivity contribution >= 4 is 5.84 Å². The average molecular weight is 602 g/mol. The van der Waals surface area contributed by atoms with E-state index in [0.717, 1.165) is 19.6 Å². The molecule has 0 spiro atoms. The van der Waals surface area contributed by atoms with Crippen LogP contribution in [0.15, 0.2) is 24.3 Å². The molecule has 0 amide bonds. The van der Waals surface area contributed by atoms with Crippen molar-refractivity contribution in [2.24, 2.45) is 0 Å². The molecule has 1 aliphatic rings. The third-order valence-corrected chi connectivity index (χ3v) is 9.34. The van der Waals surface area contributed by atoms with E-state index in [-0.39, 0.29) is 6.61 Å². The molecule has 1 N–H and O–H groups in total. The topological polar surface area (TPSA) is 26.5 Å². The zero-order valence-electron chi connectivity index (χ0n) is 29.5. The minimum absolute atomic E-state index is 0.276. The molecule has 252 valence electrons. The van der Waals surface area contributed by atoms with E-state index < -0.39 is 0 Å². The fourth-order valence-corrected chi connectivity index (χ4v) is 6.52. The average Bonchev–Trinajstić information content (AvgIpc) is 3.39. The van der Waals surface area contributed by atoms with Crippen molar-refractivity contribution in [2.45, 2.75) is 194 Å². The van der Waals surface area contributed by atoms with Crippen molar-refractivity contribution in [3.05, 3.63) is 24.3 Å². The SMILES string of the molecule is CCCCCCCC/C=C\CCCCCCCC[N+]1=C(CCCCCCC/C=C\CCCCCCCC)N(CCO)CC1. The Morgan fingerprint density at radius 2 is 0.930 bits per heavy atom. The maximum absolute atomic E-state index is 9.58. The first-order valence-corrected chi connectivity index (χ1v) is 19.6. The first kappa shape index (κ1) is 39.9. The third kappa shape index (κ3) is 24.9. The summed E-state index contributed by atoms with van der Waals surface area (Å²) in [6, 6.07) is 0. The quantitative estimate of drug-likeness (QED) is 0.0460. The first-order valence-electron chi connectivity index (χ1n) is 19.6. The lowest BCUT2D eigenvalue weighted by atomic mass is 10.1. The number of aliphatic hydroxyl groups is 1. The monoisotopic (exact) mass is 602 g/mol. The van der Waals surface area contributed by atoms with Crippen LogP contribution in [0.25, 0.3) is 0 Å². The number of hydrogen-bond acceptors (Lipinski definition) is 2. The number of amidine groups is 1. The fraction of sp³-hybridized carbons (Fsp3) is 0.875. The zero-order chi connectivity index (χ0) is 30.9. The van der Waals surface area contributed by atoms with Gasteiger partial charge in [0.1, 0.15) is 19.6 Å². The van der Waals surface area contributed by atoms with Gasteiger partial charge < -0.3 is 5.11 Å². The van der Waals surface area contributed by atoms with E-state index in [1.54, 1.807) is 0 Å². The largest absolute Gasteiger partial charge is 0.392 e. The number of rotatable bonds is 33. The van der Waals surface area contributed by atoms with Gasteiger partial charge in [0.25, 0.3) is 0 Å². The molecular formula is C40H77N2O+. The molecule has 0 bridgehead atoms. The van der Waals surface area contributed by atoms with Gasteiger partial charge >= 0.3 is 0 Å². The maximum atomic E-state index is 9.58. The lowest BCUT2D eigenvalue weighted by molar-refractivity contribution is -0.519. The van der Waals surface area contributed by atoms with Gasteiger partial charge in [-0.3, -0.25) is 9.48 Å². The van der Waals surface area contributed by atoms with Gasteiger partial charge in [-0.2, -0.15) is 0 Å². The molecule has 0 aromatic rings. The number of β-amino-alcohol motifs (C(OH)–C–C–N with tert-alkyl or cyclic N) is 1. The van der Waals surface area contributed by atoms with Crippen molar-refractivity contribution in [3.8, 4) is 0 Å².